The zero-order valence-corrected chi connectivity index (χ0v) is 11.9. The number of hydrogen-bond donors (Lipinski definition) is 3. The molecule has 1 aromatic rings. The molecule has 6 heteroatoms. The quantitative estimate of drug-likeness (QED) is 0.433. The Hall–Kier alpha value is -1.82. The molecule has 106 valence electrons. The van der Waals surface area contributed by atoms with Crippen LogP contribution in [0, 0.1) is 21.4 Å². The van der Waals surface area contributed by atoms with Crippen LogP contribution in [-0.2, 0) is 0 Å². The van der Waals surface area contributed by atoms with Gasteiger partial charge in [-0.05, 0) is 23.5 Å². The fraction of sp³-hybridized carbons (Fsp3) is 0.538. The van der Waals surface area contributed by atoms with Crippen molar-refractivity contribution in [3.8, 4) is 0 Å². The molecule has 1 atom stereocenters. The van der Waals surface area contributed by atoms with Crippen molar-refractivity contribution in [2.45, 2.75) is 27.7 Å². The second kappa shape index (κ2) is 5.88. The van der Waals surface area contributed by atoms with Gasteiger partial charge in [0.05, 0.1) is 4.92 Å². The summed E-state index contributed by atoms with van der Waals surface area (Å²) in [6, 6.07) is 5.00. The minimum absolute atomic E-state index is 0.0221. The Balaban J connectivity index is 2.93. The number of hydrogen-bond acceptors (Lipinski definition) is 5. The van der Waals surface area contributed by atoms with E-state index in [0.29, 0.717) is 23.8 Å². The highest BCUT2D eigenvalue weighted by Crippen LogP contribution is 2.33. The molecule has 0 amide bonds. The maximum absolute atomic E-state index is 11.1. The zero-order chi connectivity index (χ0) is 14.6. The molecule has 0 aliphatic heterocycles. The Labute approximate surface area is 113 Å². The minimum atomic E-state index is -0.431. The van der Waals surface area contributed by atoms with Crippen LogP contribution in [0.4, 0.5) is 17.1 Å². The average Bonchev–Trinajstić information content (AvgIpc) is 2.33. The van der Waals surface area contributed by atoms with E-state index in [-0.39, 0.29) is 11.1 Å². The molecule has 1 rings (SSSR count). The second-order valence-electron chi connectivity index (χ2n) is 5.75. The van der Waals surface area contributed by atoms with Crippen molar-refractivity contribution in [2.24, 2.45) is 17.2 Å². The smallest absolute Gasteiger partial charge is 0.316 e. The highest BCUT2D eigenvalue weighted by molar-refractivity contribution is 5.75. The fourth-order valence-corrected chi connectivity index (χ4v) is 1.57. The summed E-state index contributed by atoms with van der Waals surface area (Å²) in [6.07, 6.45) is 0. The molecular weight excluding hydrogens is 244 g/mol. The number of benzene rings is 1. The number of nitrogens with one attached hydrogen (secondary N) is 2. The molecule has 0 aliphatic rings. The molecule has 0 aromatic heterocycles. The Morgan fingerprint density at radius 1 is 1.37 bits per heavy atom. The summed E-state index contributed by atoms with van der Waals surface area (Å²) in [5.41, 5.74) is 3.26. The number of nitro groups is 1. The van der Waals surface area contributed by atoms with Crippen LogP contribution in [0.2, 0.25) is 0 Å². The Kier molecular flexibility index (Phi) is 4.72. The molecule has 0 saturated heterocycles. The monoisotopic (exact) mass is 266 g/mol. The minimum Gasteiger partial charge on any atom is -0.379 e. The van der Waals surface area contributed by atoms with Crippen LogP contribution < -0.4 is 16.6 Å². The lowest BCUT2D eigenvalue weighted by Crippen LogP contribution is -2.25. The van der Waals surface area contributed by atoms with Crippen molar-refractivity contribution in [1.29, 1.82) is 0 Å². The van der Waals surface area contributed by atoms with Crippen molar-refractivity contribution in [2.75, 3.05) is 17.3 Å². The molecule has 0 saturated carbocycles. The third-order valence-electron chi connectivity index (χ3n) is 3.45. The zero-order valence-electron chi connectivity index (χ0n) is 11.9. The van der Waals surface area contributed by atoms with Gasteiger partial charge in [0.25, 0.3) is 0 Å². The maximum Gasteiger partial charge on any atom is 0.316 e. The predicted molar refractivity (Wildman–Crippen MR) is 78.0 cm³/mol. The molecule has 19 heavy (non-hydrogen) atoms. The molecule has 0 fully saturated rings. The SMILES string of the molecule is CC(CNc1cccc(NN)c1[N+](=O)[O-])C(C)(C)C. The summed E-state index contributed by atoms with van der Waals surface area (Å²) in [5, 5.41) is 14.3. The Bertz CT molecular complexity index is 454. The normalized spacial score (nSPS) is 12.9. The molecule has 4 N–H and O–H groups in total. The summed E-state index contributed by atoms with van der Waals surface area (Å²) < 4.78 is 0. The lowest BCUT2D eigenvalue weighted by atomic mass is 9.82. The van der Waals surface area contributed by atoms with E-state index in [1.54, 1.807) is 18.2 Å². The second-order valence-corrected chi connectivity index (χ2v) is 5.75. The number of rotatable bonds is 5. The van der Waals surface area contributed by atoms with Crippen LogP contribution in [0.3, 0.4) is 0 Å². The number of nitrogen functional groups attached to an aromatic ring is 1. The first-order valence-corrected chi connectivity index (χ1v) is 6.25. The van der Waals surface area contributed by atoms with Crippen LogP contribution >= 0.6 is 0 Å². The molecule has 0 bridgehead atoms. The third kappa shape index (κ3) is 3.82. The number of nitrogens with two attached hydrogens (primary N) is 1. The number of para-hydroxylation sites is 1. The highest BCUT2D eigenvalue weighted by Gasteiger charge is 2.23. The van der Waals surface area contributed by atoms with Crippen molar-refractivity contribution in [1.82, 2.24) is 0 Å². The van der Waals surface area contributed by atoms with Gasteiger partial charge in [0, 0.05) is 6.54 Å². The van der Waals surface area contributed by atoms with Crippen molar-refractivity contribution < 1.29 is 4.92 Å². The van der Waals surface area contributed by atoms with E-state index in [0.717, 1.165) is 0 Å². The fourth-order valence-electron chi connectivity index (χ4n) is 1.57. The molecular formula is C13H22N4O2. The molecule has 0 radical (unpaired) electrons. The van der Waals surface area contributed by atoms with Gasteiger partial charge in [-0.15, -0.1) is 0 Å². The van der Waals surface area contributed by atoms with E-state index in [4.69, 9.17) is 5.84 Å². The maximum atomic E-state index is 11.1. The van der Waals surface area contributed by atoms with E-state index in [1.165, 1.54) is 0 Å². The van der Waals surface area contributed by atoms with E-state index in [1.807, 2.05) is 0 Å². The number of hydrazine groups is 1. The average molecular weight is 266 g/mol. The third-order valence-corrected chi connectivity index (χ3v) is 3.45. The van der Waals surface area contributed by atoms with Gasteiger partial charge in [0.15, 0.2) is 0 Å². The standard InChI is InChI=1S/C13H22N4O2/c1-9(13(2,3)4)8-15-10-6-5-7-11(16-14)12(10)17(18)19/h5-7,9,15-16H,8,14H2,1-4H3. The summed E-state index contributed by atoms with van der Waals surface area (Å²) in [5.74, 6) is 5.68. The molecule has 0 aliphatic carbocycles. The summed E-state index contributed by atoms with van der Waals surface area (Å²) in [7, 11) is 0. The lowest BCUT2D eigenvalue weighted by molar-refractivity contribution is -0.383. The van der Waals surface area contributed by atoms with Crippen molar-refractivity contribution in [3.63, 3.8) is 0 Å². The van der Waals surface area contributed by atoms with Crippen LogP contribution in [0.15, 0.2) is 18.2 Å². The molecule has 1 unspecified atom stereocenters. The molecule has 6 nitrogen and oxygen atoms in total. The lowest BCUT2D eigenvalue weighted by Gasteiger charge is -2.27. The largest absolute Gasteiger partial charge is 0.379 e. The first kappa shape index (κ1) is 15.2. The number of nitro benzene ring substituents is 1. The van der Waals surface area contributed by atoms with Gasteiger partial charge in [-0.2, -0.15) is 0 Å². The topological polar surface area (TPSA) is 93.2 Å². The van der Waals surface area contributed by atoms with Crippen molar-refractivity contribution >= 4 is 17.1 Å². The summed E-state index contributed by atoms with van der Waals surface area (Å²) in [6.45, 7) is 9.21. The van der Waals surface area contributed by atoms with Crippen LogP contribution in [0.5, 0.6) is 0 Å². The summed E-state index contributed by atoms with van der Waals surface area (Å²) in [4.78, 5) is 10.7. The van der Waals surface area contributed by atoms with Gasteiger partial charge in [0.1, 0.15) is 11.4 Å². The van der Waals surface area contributed by atoms with E-state index in [2.05, 4.69) is 38.4 Å². The summed E-state index contributed by atoms with van der Waals surface area (Å²) >= 11 is 0. The van der Waals surface area contributed by atoms with Gasteiger partial charge in [-0.1, -0.05) is 33.8 Å². The molecule has 0 heterocycles. The van der Waals surface area contributed by atoms with Crippen LogP contribution in [-0.4, -0.2) is 11.5 Å². The molecule has 0 spiro atoms. The van der Waals surface area contributed by atoms with Crippen molar-refractivity contribution in [3.05, 3.63) is 28.3 Å². The van der Waals surface area contributed by atoms with E-state index >= 15 is 0 Å². The highest BCUT2D eigenvalue weighted by atomic mass is 16.6. The Morgan fingerprint density at radius 3 is 2.42 bits per heavy atom. The van der Waals surface area contributed by atoms with E-state index in [9.17, 15) is 10.1 Å². The van der Waals surface area contributed by atoms with Crippen LogP contribution in [0.1, 0.15) is 27.7 Å². The van der Waals surface area contributed by atoms with Gasteiger partial charge < -0.3 is 10.7 Å². The van der Waals surface area contributed by atoms with Gasteiger partial charge in [-0.3, -0.25) is 16.0 Å². The number of anilines is 2. The number of nitrogens with zero attached hydrogens (tertiary/aromatic N) is 1. The first-order chi connectivity index (χ1) is 8.77. The van der Waals surface area contributed by atoms with E-state index < -0.39 is 4.92 Å². The van der Waals surface area contributed by atoms with Gasteiger partial charge >= 0.3 is 5.69 Å². The van der Waals surface area contributed by atoms with Crippen LogP contribution in [0.25, 0.3) is 0 Å². The predicted octanol–water partition coefficient (Wildman–Crippen LogP) is 2.97. The Morgan fingerprint density at radius 2 is 1.95 bits per heavy atom. The first-order valence-electron chi connectivity index (χ1n) is 6.25. The van der Waals surface area contributed by atoms with Gasteiger partial charge in [-0.25, -0.2) is 0 Å². The van der Waals surface area contributed by atoms with Gasteiger partial charge in [0.2, 0.25) is 0 Å². The molecule has 1 aromatic carbocycles.